The van der Waals surface area contributed by atoms with Gasteiger partial charge >= 0.3 is 0 Å². The van der Waals surface area contributed by atoms with Crippen LogP contribution in [0, 0.1) is 0 Å². The second-order valence-electron chi connectivity index (χ2n) is 16.0. The summed E-state index contributed by atoms with van der Waals surface area (Å²) in [6.45, 7) is 4.70. The molecule has 56 heavy (non-hydrogen) atoms. The summed E-state index contributed by atoms with van der Waals surface area (Å²) in [6, 6.07) is 67.1. The SMILES string of the molecule is CC1(C)c2cc(-c3ccccc3)ccc2-c2ccc3c(oc4ccc(-c5c6ccccc6c(-c6cccc7c6ccc6ccccc67)c6ccccc56)cc43)c21. The number of fused-ring (bicyclic) bond motifs is 12. The maximum absolute atomic E-state index is 6.89. The molecule has 1 aromatic heterocycles. The van der Waals surface area contributed by atoms with Gasteiger partial charge in [0.1, 0.15) is 11.2 Å². The van der Waals surface area contributed by atoms with Crippen molar-refractivity contribution in [3.8, 4) is 44.5 Å². The molecule has 1 aliphatic rings. The summed E-state index contributed by atoms with van der Waals surface area (Å²) in [4.78, 5) is 0. The van der Waals surface area contributed by atoms with E-state index in [-0.39, 0.29) is 5.41 Å². The lowest BCUT2D eigenvalue weighted by Crippen LogP contribution is -2.15. The van der Waals surface area contributed by atoms with Gasteiger partial charge in [-0.1, -0.05) is 172 Å². The average molecular weight is 713 g/mol. The van der Waals surface area contributed by atoms with Gasteiger partial charge in [-0.3, -0.25) is 0 Å². The first kappa shape index (κ1) is 31.4. The molecule has 0 fully saturated rings. The molecule has 10 aromatic carbocycles. The van der Waals surface area contributed by atoms with Crippen LogP contribution in [0.5, 0.6) is 0 Å². The third-order valence-corrected chi connectivity index (χ3v) is 12.6. The van der Waals surface area contributed by atoms with Crippen LogP contribution in [0.2, 0.25) is 0 Å². The molecule has 12 rings (SSSR count). The van der Waals surface area contributed by atoms with Crippen molar-refractivity contribution < 1.29 is 4.42 Å². The predicted molar refractivity (Wildman–Crippen MR) is 238 cm³/mol. The van der Waals surface area contributed by atoms with E-state index in [1.165, 1.54) is 98.7 Å². The molecule has 0 N–H and O–H groups in total. The smallest absolute Gasteiger partial charge is 0.140 e. The zero-order valence-electron chi connectivity index (χ0n) is 31.2. The summed E-state index contributed by atoms with van der Waals surface area (Å²) in [5.41, 5.74) is 14.3. The molecular formula is C55H36O. The van der Waals surface area contributed by atoms with Crippen LogP contribution in [-0.4, -0.2) is 0 Å². The van der Waals surface area contributed by atoms with E-state index in [0.717, 1.165) is 21.9 Å². The minimum absolute atomic E-state index is 0.220. The van der Waals surface area contributed by atoms with Crippen LogP contribution in [0.15, 0.2) is 186 Å². The monoisotopic (exact) mass is 712 g/mol. The Morgan fingerprint density at radius 3 is 1.75 bits per heavy atom. The average Bonchev–Trinajstić information content (AvgIpc) is 3.73. The second-order valence-corrected chi connectivity index (χ2v) is 16.0. The summed E-state index contributed by atoms with van der Waals surface area (Å²) < 4.78 is 6.89. The lowest BCUT2D eigenvalue weighted by atomic mass is 9.81. The van der Waals surface area contributed by atoms with E-state index in [2.05, 4.69) is 196 Å². The molecule has 262 valence electrons. The second kappa shape index (κ2) is 11.5. The summed E-state index contributed by atoms with van der Waals surface area (Å²) in [7, 11) is 0. The fourth-order valence-electron chi connectivity index (χ4n) is 10.1. The third-order valence-electron chi connectivity index (χ3n) is 12.6. The first-order valence-electron chi connectivity index (χ1n) is 19.6. The van der Waals surface area contributed by atoms with Gasteiger partial charge in [0.25, 0.3) is 0 Å². The predicted octanol–water partition coefficient (Wildman–Crippen LogP) is 15.5. The van der Waals surface area contributed by atoms with Gasteiger partial charge in [0.15, 0.2) is 0 Å². The van der Waals surface area contributed by atoms with Crippen molar-refractivity contribution in [2.75, 3.05) is 0 Å². The molecule has 0 unspecified atom stereocenters. The Hall–Kier alpha value is -6.96. The standard InChI is InChI=1S/C55H36O/c1-55(2)49-32-35(33-13-4-3-5-14-33)24-27-40(49)46-28-29-47-48-31-36(25-30-50(48)56-54(47)53(46)55)51-42-17-8-10-19-44(42)52(45-20-11-9-18-43(45)51)41-22-12-21-38-37-16-7-6-15-34(37)23-26-39(38)41/h3-32H,1-2H3. The quantitative estimate of drug-likeness (QED) is 0.131. The van der Waals surface area contributed by atoms with Gasteiger partial charge in [-0.25, -0.2) is 0 Å². The minimum Gasteiger partial charge on any atom is -0.456 e. The molecule has 11 aromatic rings. The van der Waals surface area contributed by atoms with E-state index < -0.39 is 0 Å². The van der Waals surface area contributed by atoms with Crippen molar-refractivity contribution >= 4 is 65.0 Å². The zero-order valence-corrected chi connectivity index (χ0v) is 31.2. The highest BCUT2D eigenvalue weighted by Crippen LogP contribution is 2.54. The van der Waals surface area contributed by atoms with E-state index in [1.807, 2.05) is 0 Å². The summed E-state index contributed by atoms with van der Waals surface area (Å²) in [5, 5.41) is 12.4. The molecule has 0 bridgehead atoms. The van der Waals surface area contributed by atoms with Crippen LogP contribution in [0.4, 0.5) is 0 Å². The fraction of sp³-hybridized carbons (Fsp3) is 0.0545. The molecule has 0 saturated carbocycles. The fourth-order valence-corrected chi connectivity index (χ4v) is 10.1. The van der Waals surface area contributed by atoms with E-state index in [0.29, 0.717) is 0 Å². The number of furan rings is 1. The Balaban J connectivity index is 1.07. The first-order chi connectivity index (χ1) is 27.5. The molecule has 0 amide bonds. The normalized spacial score (nSPS) is 13.3. The van der Waals surface area contributed by atoms with E-state index in [1.54, 1.807) is 0 Å². The summed E-state index contributed by atoms with van der Waals surface area (Å²) in [6.07, 6.45) is 0. The van der Waals surface area contributed by atoms with Crippen molar-refractivity contribution in [1.82, 2.24) is 0 Å². The third kappa shape index (κ3) is 4.31. The molecule has 0 saturated heterocycles. The van der Waals surface area contributed by atoms with Crippen LogP contribution in [0.3, 0.4) is 0 Å². The lowest BCUT2D eigenvalue weighted by Gasteiger charge is -2.22. The number of rotatable bonds is 3. The molecule has 0 radical (unpaired) electrons. The molecule has 1 heterocycles. The Morgan fingerprint density at radius 2 is 0.982 bits per heavy atom. The molecular weight excluding hydrogens is 677 g/mol. The number of benzene rings is 10. The van der Waals surface area contributed by atoms with E-state index >= 15 is 0 Å². The van der Waals surface area contributed by atoms with Gasteiger partial charge in [-0.15, -0.1) is 0 Å². The Labute approximate surface area is 325 Å². The maximum atomic E-state index is 6.89. The molecule has 0 spiro atoms. The molecule has 0 atom stereocenters. The number of hydrogen-bond donors (Lipinski definition) is 0. The maximum Gasteiger partial charge on any atom is 0.140 e. The summed E-state index contributed by atoms with van der Waals surface area (Å²) >= 11 is 0. The van der Waals surface area contributed by atoms with Gasteiger partial charge in [0.05, 0.1) is 0 Å². The highest BCUT2D eigenvalue weighted by molar-refractivity contribution is 6.25. The van der Waals surface area contributed by atoms with Gasteiger partial charge in [-0.2, -0.15) is 0 Å². The topological polar surface area (TPSA) is 13.1 Å². The van der Waals surface area contributed by atoms with Gasteiger partial charge in [0, 0.05) is 21.8 Å². The highest BCUT2D eigenvalue weighted by Gasteiger charge is 2.39. The van der Waals surface area contributed by atoms with Crippen molar-refractivity contribution in [1.29, 1.82) is 0 Å². The largest absolute Gasteiger partial charge is 0.456 e. The van der Waals surface area contributed by atoms with Crippen LogP contribution >= 0.6 is 0 Å². The Kier molecular flexibility index (Phi) is 6.46. The van der Waals surface area contributed by atoms with Crippen molar-refractivity contribution in [3.05, 3.63) is 193 Å². The lowest BCUT2D eigenvalue weighted by molar-refractivity contribution is 0.620. The zero-order chi connectivity index (χ0) is 37.1. The van der Waals surface area contributed by atoms with E-state index in [9.17, 15) is 0 Å². The Morgan fingerprint density at radius 1 is 0.357 bits per heavy atom. The van der Waals surface area contributed by atoms with Crippen molar-refractivity contribution in [2.45, 2.75) is 19.3 Å². The summed E-state index contributed by atoms with van der Waals surface area (Å²) in [5.74, 6) is 0. The first-order valence-corrected chi connectivity index (χ1v) is 19.6. The van der Waals surface area contributed by atoms with Crippen LogP contribution in [0.1, 0.15) is 25.0 Å². The van der Waals surface area contributed by atoms with Gasteiger partial charge < -0.3 is 4.42 Å². The van der Waals surface area contributed by atoms with Crippen LogP contribution < -0.4 is 0 Å². The van der Waals surface area contributed by atoms with Gasteiger partial charge in [-0.05, 0) is 117 Å². The van der Waals surface area contributed by atoms with Crippen LogP contribution in [0.25, 0.3) is 110 Å². The van der Waals surface area contributed by atoms with Crippen molar-refractivity contribution in [3.63, 3.8) is 0 Å². The minimum atomic E-state index is -0.220. The van der Waals surface area contributed by atoms with Crippen LogP contribution in [-0.2, 0) is 5.41 Å². The molecule has 1 heteroatoms. The highest BCUT2D eigenvalue weighted by atomic mass is 16.3. The molecule has 1 nitrogen and oxygen atoms in total. The van der Waals surface area contributed by atoms with E-state index in [4.69, 9.17) is 4.42 Å². The van der Waals surface area contributed by atoms with Gasteiger partial charge in [0.2, 0.25) is 0 Å². The molecule has 0 aliphatic heterocycles. The van der Waals surface area contributed by atoms with Crippen molar-refractivity contribution in [2.24, 2.45) is 0 Å². The number of hydrogen-bond acceptors (Lipinski definition) is 1. The Bertz CT molecular complexity index is 3380. The molecule has 1 aliphatic carbocycles.